The average molecular weight is 186 g/mol. The molecule has 1 heterocycles. The minimum atomic E-state index is 0.731. The smallest absolute Gasteiger partial charge is 0.204 e. The van der Waals surface area contributed by atoms with E-state index in [0.29, 0.717) is 0 Å². The van der Waals surface area contributed by atoms with Crippen LogP contribution in [0.2, 0.25) is 0 Å². The molecular formula is C7H14N4S. The third kappa shape index (κ3) is 2.42. The van der Waals surface area contributed by atoms with E-state index < -0.39 is 0 Å². The van der Waals surface area contributed by atoms with E-state index in [2.05, 4.69) is 21.2 Å². The second-order valence-corrected chi connectivity index (χ2v) is 3.20. The molecule has 0 saturated heterocycles. The molecule has 0 radical (unpaired) electrons. The van der Waals surface area contributed by atoms with Gasteiger partial charge >= 0.3 is 0 Å². The lowest BCUT2D eigenvalue weighted by Gasteiger charge is -2.18. The molecule has 0 saturated carbocycles. The van der Waals surface area contributed by atoms with Crippen LogP contribution in [0.5, 0.6) is 0 Å². The number of rotatable bonds is 5. The fraction of sp³-hybridized carbons (Fsp3) is 0.714. The Morgan fingerprint density at radius 2 is 2.50 bits per heavy atom. The molecule has 68 valence electrons. The first-order valence-corrected chi connectivity index (χ1v) is 4.87. The van der Waals surface area contributed by atoms with Gasteiger partial charge in [-0.2, -0.15) is 4.37 Å². The summed E-state index contributed by atoms with van der Waals surface area (Å²) in [4.78, 5) is 6.32. The van der Waals surface area contributed by atoms with E-state index in [1.54, 1.807) is 6.33 Å². The summed E-state index contributed by atoms with van der Waals surface area (Å²) in [6.45, 7) is 4.78. The lowest BCUT2D eigenvalue weighted by Crippen LogP contribution is -2.25. The van der Waals surface area contributed by atoms with E-state index in [9.17, 15) is 0 Å². The SMILES string of the molecule is CCN(CCCN)c1ncns1. The van der Waals surface area contributed by atoms with Crippen LogP contribution in [0.3, 0.4) is 0 Å². The Labute approximate surface area is 76.6 Å². The quantitative estimate of drug-likeness (QED) is 0.736. The van der Waals surface area contributed by atoms with Crippen LogP contribution in [0.4, 0.5) is 5.13 Å². The van der Waals surface area contributed by atoms with Gasteiger partial charge in [0.25, 0.3) is 0 Å². The van der Waals surface area contributed by atoms with E-state index in [4.69, 9.17) is 5.73 Å². The molecule has 0 fully saturated rings. The Hall–Kier alpha value is -0.680. The van der Waals surface area contributed by atoms with E-state index in [1.807, 2.05) is 0 Å². The first-order chi connectivity index (χ1) is 5.88. The first-order valence-electron chi connectivity index (χ1n) is 4.10. The Balaban J connectivity index is 2.45. The molecule has 0 aliphatic carbocycles. The number of hydrogen-bond acceptors (Lipinski definition) is 5. The molecule has 0 aliphatic heterocycles. The number of anilines is 1. The predicted octanol–water partition coefficient (Wildman–Crippen LogP) is 0.713. The topological polar surface area (TPSA) is 55.0 Å². The molecule has 12 heavy (non-hydrogen) atoms. The Kier molecular flexibility index (Phi) is 3.96. The summed E-state index contributed by atoms with van der Waals surface area (Å²) in [5.74, 6) is 0. The van der Waals surface area contributed by atoms with Crippen molar-refractivity contribution in [3.05, 3.63) is 6.33 Å². The van der Waals surface area contributed by atoms with Gasteiger partial charge in [-0.1, -0.05) is 0 Å². The van der Waals surface area contributed by atoms with Gasteiger partial charge in [0.05, 0.1) is 0 Å². The van der Waals surface area contributed by atoms with E-state index in [0.717, 1.165) is 31.2 Å². The highest BCUT2D eigenvalue weighted by molar-refractivity contribution is 7.09. The Morgan fingerprint density at radius 3 is 3.00 bits per heavy atom. The maximum absolute atomic E-state index is 5.43. The molecule has 2 N–H and O–H groups in total. The number of hydrogen-bond donors (Lipinski definition) is 1. The molecule has 1 rings (SSSR count). The number of nitrogens with zero attached hydrogens (tertiary/aromatic N) is 3. The van der Waals surface area contributed by atoms with Crippen LogP contribution in [-0.2, 0) is 0 Å². The molecule has 0 amide bonds. The molecule has 5 heteroatoms. The molecule has 1 aromatic rings. The zero-order valence-electron chi connectivity index (χ0n) is 7.23. The van der Waals surface area contributed by atoms with Crippen molar-refractivity contribution in [2.75, 3.05) is 24.5 Å². The zero-order valence-corrected chi connectivity index (χ0v) is 8.05. The molecule has 0 atom stereocenters. The monoisotopic (exact) mass is 186 g/mol. The summed E-state index contributed by atoms with van der Waals surface area (Å²) in [5, 5.41) is 0.992. The third-order valence-electron chi connectivity index (χ3n) is 1.63. The lowest BCUT2D eigenvalue weighted by molar-refractivity contribution is 0.752. The summed E-state index contributed by atoms with van der Waals surface area (Å²) < 4.78 is 3.96. The van der Waals surface area contributed by atoms with Gasteiger partial charge in [-0.25, -0.2) is 4.98 Å². The van der Waals surface area contributed by atoms with E-state index in [1.165, 1.54) is 11.5 Å². The van der Waals surface area contributed by atoms with Crippen LogP contribution >= 0.6 is 11.5 Å². The summed E-state index contributed by atoms with van der Waals surface area (Å²) in [5.41, 5.74) is 5.43. The summed E-state index contributed by atoms with van der Waals surface area (Å²) in [7, 11) is 0. The van der Waals surface area contributed by atoms with Crippen molar-refractivity contribution in [3.8, 4) is 0 Å². The Bertz CT molecular complexity index is 199. The van der Waals surface area contributed by atoms with Crippen molar-refractivity contribution >= 4 is 16.7 Å². The highest BCUT2D eigenvalue weighted by Crippen LogP contribution is 2.13. The highest BCUT2D eigenvalue weighted by atomic mass is 32.1. The minimum Gasteiger partial charge on any atom is -0.347 e. The van der Waals surface area contributed by atoms with Crippen LogP contribution in [0, 0.1) is 0 Å². The van der Waals surface area contributed by atoms with Crippen LogP contribution in [0.15, 0.2) is 6.33 Å². The molecule has 0 aromatic carbocycles. The fourth-order valence-electron chi connectivity index (χ4n) is 0.978. The van der Waals surface area contributed by atoms with Crippen LogP contribution < -0.4 is 10.6 Å². The van der Waals surface area contributed by atoms with Gasteiger partial charge in [0.15, 0.2) is 0 Å². The normalized spacial score (nSPS) is 10.2. The second-order valence-electron chi connectivity index (χ2n) is 2.45. The number of aromatic nitrogens is 2. The predicted molar refractivity (Wildman–Crippen MR) is 51.5 cm³/mol. The van der Waals surface area contributed by atoms with Crippen molar-refractivity contribution in [2.45, 2.75) is 13.3 Å². The van der Waals surface area contributed by atoms with E-state index in [-0.39, 0.29) is 0 Å². The first kappa shape index (κ1) is 9.41. The average Bonchev–Trinajstić information content (AvgIpc) is 2.59. The van der Waals surface area contributed by atoms with Gasteiger partial charge in [0.1, 0.15) is 6.33 Å². The fourth-order valence-corrected chi connectivity index (χ4v) is 1.60. The van der Waals surface area contributed by atoms with Crippen molar-refractivity contribution < 1.29 is 0 Å². The van der Waals surface area contributed by atoms with Crippen molar-refractivity contribution in [3.63, 3.8) is 0 Å². The standard InChI is InChI=1S/C7H14N4S/c1-2-11(5-3-4-8)7-9-6-10-12-7/h6H,2-5,8H2,1H3. The third-order valence-corrected chi connectivity index (χ3v) is 2.36. The molecule has 0 bridgehead atoms. The Morgan fingerprint density at radius 1 is 1.67 bits per heavy atom. The number of nitrogens with two attached hydrogens (primary N) is 1. The molecule has 0 aliphatic rings. The molecular weight excluding hydrogens is 172 g/mol. The van der Waals surface area contributed by atoms with Gasteiger partial charge in [0.2, 0.25) is 5.13 Å². The maximum Gasteiger partial charge on any atom is 0.204 e. The largest absolute Gasteiger partial charge is 0.347 e. The molecule has 0 spiro atoms. The highest BCUT2D eigenvalue weighted by Gasteiger charge is 2.05. The lowest BCUT2D eigenvalue weighted by atomic mass is 10.4. The van der Waals surface area contributed by atoms with Crippen LogP contribution in [-0.4, -0.2) is 29.0 Å². The van der Waals surface area contributed by atoms with Gasteiger partial charge in [0, 0.05) is 24.6 Å². The van der Waals surface area contributed by atoms with Gasteiger partial charge in [-0.3, -0.25) is 0 Å². The van der Waals surface area contributed by atoms with Gasteiger partial charge in [-0.05, 0) is 19.9 Å². The van der Waals surface area contributed by atoms with Crippen LogP contribution in [0.25, 0.3) is 0 Å². The van der Waals surface area contributed by atoms with Crippen molar-refractivity contribution in [2.24, 2.45) is 5.73 Å². The summed E-state index contributed by atoms with van der Waals surface area (Å²) >= 11 is 1.43. The summed E-state index contributed by atoms with van der Waals surface area (Å²) in [6.07, 6.45) is 2.60. The second kappa shape index (κ2) is 5.05. The molecule has 4 nitrogen and oxygen atoms in total. The molecule has 0 unspecified atom stereocenters. The minimum absolute atomic E-state index is 0.731. The summed E-state index contributed by atoms with van der Waals surface area (Å²) in [6, 6.07) is 0. The van der Waals surface area contributed by atoms with E-state index >= 15 is 0 Å². The van der Waals surface area contributed by atoms with Crippen molar-refractivity contribution in [1.82, 2.24) is 9.36 Å². The zero-order chi connectivity index (χ0) is 8.81. The maximum atomic E-state index is 5.43. The van der Waals surface area contributed by atoms with Crippen molar-refractivity contribution in [1.29, 1.82) is 0 Å². The van der Waals surface area contributed by atoms with Gasteiger partial charge in [-0.15, -0.1) is 0 Å². The van der Waals surface area contributed by atoms with Gasteiger partial charge < -0.3 is 10.6 Å². The molecule has 1 aromatic heterocycles. The van der Waals surface area contributed by atoms with Crippen LogP contribution in [0.1, 0.15) is 13.3 Å².